The molecule has 0 aliphatic carbocycles. The van der Waals surface area contributed by atoms with Crippen LogP contribution in [0.25, 0.3) is 0 Å². The zero-order chi connectivity index (χ0) is 18.5. The van der Waals surface area contributed by atoms with Gasteiger partial charge in [-0.3, -0.25) is 14.6 Å². The number of anilines is 1. The molecule has 2 heterocycles. The van der Waals surface area contributed by atoms with Crippen molar-refractivity contribution in [3.63, 3.8) is 0 Å². The monoisotopic (exact) mass is 351 g/mol. The SMILES string of the molecule is CCc1ccc(NC(=O)c2cncc(C(=O)N3CCC(C)CC3)c2)cc1. The summed E-state index contributed by atoms with van der Waals surface area (Å²) in [5.74, 6) is 0.350. The van der Waals surface area contributed by atoms with E-state index in [1.807, 2.05) is 29.2 Å². The van der Waals surface area contributed by atoms with Crippen LogP contribution in [0.3, 0.4) is 0 Å². The number of piperidine rings is 1. The Morgan fingerprint density at radius 3 is 2.42 bits per heavy atom. The van der Waals surface area contributed by atoms with Crippen LogP contribution in [0.15, 0.2) is 42.7 Å². The van der Waals surface area contributed by atoms with Gasteiger partial charge in [-0.05, 0) is 48.9 Å². The molecule has 136 valence electrons. The van der Waals surface area contributed by atoms with Crippen molar-refractivity contribution < 1.29 is 9.59 Å². The Hall–Kier alpha value is -2.69. The average molecular weight is 351 g/mol. The Bertz CT molecular complexity index is 778. The number of benzene rings is 1. The normalized spacial score (nSPS) is 14.9. The average Bonchev–Trinajstić information content (AvgIpc) is 2.68. The van der Waals surface area contributed by atoms with Crippen molar-refractivity contribution in [1.82, 2.24) is 9.88 Å². The van der Waals surface area contributed by atoms with Crippen LogP contribution in [-0.2, 0) is 6.42 Å². The van der Waals surface area contributed by atoms with Gasteiger partial charge in [0.1, 0.15) is 0 Å². The molecule has 2 aromatic rings. The van der Waals surface area contributed by atoms with Gasteiger partial charge < -0.3 is 10.2 Å². The second-order valence-corrected chi connectivity index (χ2v) is 6.94. The van der Waals surface area contributed by atoms with Crippen molar-refractivity contribution >= 4 is 17.5 Å². The highest BCUT2D eigenvalue weighted by Crippen LogP contribution is 2.19. The fourth-order valence-corrected chi connectivity index (χ4v) is 3.10. The van der Waals surface area contributed by atoms with E-state index in [2.05, 4.69) is 24.1 Å². The first-order chi connectivity index (χ1) is 12.6. The van der Waals surface area contributed by atoms with Gasteiger partial charge in [0.15, 0.2) is 0 Å². The lowest BCUT2D eigenvalue weighted by Crippen LogP contribution is -2.38. The number of rotatable bonds is 4. The molecule has 5 heteroatoms. The van der Waals surface area contributed by atoms with Gasteiger partial charge in [-0.15, -0.1) is 0 Å². The molecule has 0 unspecified atom stereocenters. The molecule has 26 heavy (non-hydrogen) atoms. The summed E-state index contributed by atoms with van der Waals surface area (Å²) < 4.78 is 0. The Balaban J connectivity index is 1.69. The highest BCUT2D eigenvalue weighted by atomic mass is 16.2. The van der Waals surface area contributed by atoms with Crippen LogP contribution in [0.5, 0.6) is 0 Å². The molecule has 0 atom stereocenters. The van der Waals surface area contributed by atoms with Crippen molar-refractivity contribution in [2.45, 2.75) is 33.1 Å². The third kappa shape index (κ3) is 4.28. The first kappa shape index (κ1) is 18.1. The van der Waals surface area contributed by atoms with Crippen LogP contribution in [-0.4, -0.2) is 34.8 Å². The second kappa shape index (κ2) is 8.13. The summed E-state index contributed by atoms with van der Waals surface area (Å²) in [6.45, 7) is 5.83. The standard InChI is InChI=1S/C21H25N3O2/c1-3-16-4-6-19(7-5-16)23-20(25)17-12-18(14-22-13-17)21(26)24-10-8-15(2)9-11-24/h4-7,12-15H,3,8-11H2,1-2H3,(H,23,25). The molecule has 1 aromatic carbocycles. The quantitative estimate of drug-likeness (QED) is 0.912. The summed E-state index contributed by atoms with van der Waals surface area (Å²) in [5, 5.41) is 2.86. The number of nitrogens with one attached hydrogen (secondary N) is 1. The van der Waals surface area contributed by atoms with Crippen LogP contribution >= 0.6 is 0 Å². The number of aromatic nitrogens is 1. The summed E-state index contributed by atoms with van der Waals surface area (Å²) in [6, 6.07) is 9.38. The van der Waals surface area contributed by atoms with Crippen molar-refractivity contribution in [2.24, 2.45) is 5.92 Å². The highest BCUT2D eigenvalue weighted by Gasteiger charge is 2.22. The molecule has 1 aromatic heterocycles. The van der Waals surface area contributed by atoms with Gasteiger partial charge in [-0.2, -0.15) is 0 Å². The maximum absolute atomic E-state index is 12.7. The van der Waals surface area contributed by atoms with E-state index in [1.165, 1.54) is 18.0 Å². The Kier molecular flexibility index (Phi) is 5.66. The van der Waals surface area contributed by atoms with Gasteiger partial charge in [0, 0.05) is 31.2 Å². The van der Waals surface area contributed by atoms with Gasteiger partial charge in [0.2, 0.25) is 0 Å². The number of nitrogens with zero attached hydrogens (tertiary/aromatic N) is 2. The molecule has 0 saturated carbocycles. The maximum atomic E-state index is 12.7. The minimum Gasteiger partial charge on any atom is -0.339 e. The van der Waals surface area contributed by atoms with Crippen LogP contribution < -0.4 is 5.32 Å². The summed E-state index contributed by atoms with van der Waals surface area (Å²) in [5.41, 5.74) is 2.80. The first-order valence-electron chi connectivity index (χ1n) is 9.21. The van der Waals surface area contributed by atoms with E-state index in [1.54, 1.807) is 6.07 Å². The largest absolute Gasteiger partial charge is 0.339 e. The van der Waals surface area contributed by atoms with Crippen molar-refractivity contribution in [1.29, 1.82) is 0 Å². The van der Waals surface area contributed by atoms with Gasteiger partial charge in [0.05, 0.1) is 11.1 Å². The number of hydrogen-bond donors (Lipinski definition) is 1. The van der Waals surface area contributed by atoms with Gasteiger partial charge in [-0.25, -0.2) is 0 Å². The third-order valence-corrected chi connectivity index (χ3v) is 4.94. The summed E-state index contributed by atoms with van der Waals surface area (Å²) in [6.07, 6.45) is 6.02. The summed E-state index contributed by atoms with van der Waals surface area (Å²) in [4.78, 5) is 31.1. The van der Waals surface area contributed by atoms with Crippen LogP contribution in [0, 0.1) is 5.92 Å². The molecule has 1 fully saturated rings. The molecule has 1 saturated heterocycles. The minimum atomic E-state index is -0.260. The zero-order valence-electron chi connectivity index (χ0n) is 15.4. The smallest absolute Gasteiger partial charge is 0.257 e. The van der Waals surface area contributed by atoms with Gasteiger partial charge >= 0.3 is 0 Å². The maximum Gasteiger partial charge on any atom is 0.257 e. The molecule has 3 rings (SSSR count). The molecule has 1 aliphatic heterocycles. The number of aryl methyl sites for hydroxylation is 1. The Morgan fingerprint density at radius 1 is 1.12 bits per heavy atom. The van der Waals surface area contributed by atoms with E-state index in [-0.39, 0.29) is 11.8 Å². The fourth-order valence-electron chi connectivity index (χ4n) is 3.10. The van der Waals surface area contributed by atoms with Crippen molar-refractivity contribution in [2.75, 3.05) is 18.4 Å². The number of likely N-dealkylation sites (tertiary alicyclic amines) is 1. The first-order valence-corrected chi connectivity index (χ1v) is 9.21. The van der Waals surface area contributed by atoms with E-state index in [4.69, 9.17) is 0 Å². The van der Waals surface area contributed by atoms with Crippen molar-refractivity contribution in [3.8, 4) is 0 Å². The van der Waals surface area contributed by atoms with Crippen molar-refractivity contribution in [3.05, 3.63) is 59.4 Å². The molecular formula is C21H25N3O2. The number of carbonyl (C=O) groups excluding carboxylic acids is 2. The number of hydrogen-bond acceptors (Lipinski definition) is 3. The van der Waals surface area contributed by atoms with Crippen LogP contribution in [0.1, 0.15) is 53.0 Å². The molecule has 0 bridgehead atoms. The van der Waals surface area contributed by atoms with E-state index < -0.39 is 0 Å². The van der Waals surface area contributed by atoms with Gasteiger partial charge in [0.25, 0.3) is 11.8 Å². The van der Waals surface area contributed by atoms with Crippen LogP contribution in [0.2, 0.25) is 0 Å². The fraction of sp³-hybridized carbons (Fsp3) is 0.381. The predicted molar refractivity (Wildman–Crippen MR) is 102 cm³/mol. The lowest BCUT2D eigenvalue weighted by Gasteiger charge is -2.30. The third-order valence-electron chi connectivity index (χ3n) is 4.94. The Morgan fingerprint density at radius 2 is 1.77 bits per heavy atom. The lowest BCUT2D eigenvalue weighted by atomic mass is 9.98. The van der Waals surface area contributed by atoms with Crippen LogP contribution in [0.4, 0.5) is 5.69 Å². The number of pyridine rings is 1. The second-order valence-electron chi connectivity index (χ2n) is 6.94. The number of amides is 2. The minimum absolute atomic E-state index is 0.0497. The van der Waals surface area contributed by atoms with E-state index in [0.29, 0.717) is 17.0 Å². The molecule has 0 spiro atoms. The van der Waals surface area contributed by atoms with E-state index in [9.17, 15) is 9.59 Å². The topological polar surface area (TPSA) is 62.3 Å². The lowest BCUT2D eigenvalue weighted by molar-refractivity contribution is 0.0697. The summed E-state index contributed by atoms with van der Waals surface area (Å²) in [7, 11) is 0. The predicted octanol–water partition coefficient (Wildman–Crippen LogP) is 3.77. The molecule has 1 aliphatic rings. The van der Waals surface area contributed by atoms with E-state index in [0.717, 1.165) is 38.0 Å². The molecular weight excluding hydrogens is 326 g/mol. The molecule has 2 amide bonds. The molecule has 5 nitrogen and oxygen atoms in total. The highest BCUT2D eigenvalue weighted by molar-refractivity contribution is 6.05. The van der Waals surface area contributed by atoms with Gasteiger partial charge in [-0.1, -0.05) is 26.0 Å². The number of carbonyl (C=O) groups is 2. The molecule has 0 radical (unpaired) electrons. The van der Waals surface area contributed by atoms with E-state index >= 15 is 0 Å². The Labute approximate surface area is 154 Å². The summed E-state index contributed by atoms with van der Waals surface area (Å²) >= 11 is 0. The zero-order valence-corrected chi connectivity index (χ0v) is 15.4. The molecule has 1 N–H and O–H groups in total.